The average molecular weight is 411 g/mol. The van der Waals surface area contributed by atoms with E-state index in [2.05, 4.69) is 9.97 Å². The van der Waals surface area contributed by atoms with Crippen LogP contribution in [0.4, 0.5) is 0 Å². The van der Waals surface area contributed by atoms with E-state index in [0.29, 0.717) is 42.7 Å². The summed E-state index contributed by atoms with van der Waals surface area (Å²) in [5.74, 6) is 0. The number of benzene rings is 1. The van der Waals surface area contributed by atoms with Gasteiger partial charge in [-0.25, -0.2) is 0 Å². The van der Waals surface area contributed by atoms with Crippen LogP contribution in [0.3, 0.4) is 0 Å². The number of rotatable bonds is 6. The first-order valence-electron chi connectivity index (χ1n) is 8.91. The second kappa shape index (κ2) is 8.62. The van der Waals surface area contributed by atoms with Crippen molar-refractivity contribution in [3.05, 3.63) is 47.4 Å². The van der Waals surface area contributed by atoms with Crippen LogP contribution in [-0.2, 0) is 14.9 Å². The van der Waals surface area contributed by atoms with Crippen molar-refractivity contribution in [1.29, 1.82) is 0 Å². The van der Waals surface area contributed by atoms with Crippen LogP contribution in [0, 0.1) is 0 Å². The maximum absolute atomic E-state index is 12.9. The Hall–Kier alpha value is -1.58. The zero-order valence-corrected chi connectivity index (χ0v) is 16.9. The van der Waals surface area contributed by atoms with Crippen molar-refractivity contribution in [1.82, 2.24) is 18.6 Å². The predicted molar refractivity (Wildman–Crippen MR) is 105 cm³/mol. The average Bonchev–Trinajstić information content (AvgIpc) is 2.69. The van der Waals surface area contributed by atoms with E-state index >= 15 is 0 Å². The highest BCUT2D eigenvalue weighted by atomic mass is 35.5. The number of aromatic nitrogens is 2. The Morgan fingerprint density at radius 2 is 2.00 bits per heavy atom. The van der Waals surface area contributed by atoms with Gasteiger partial charge in [-0.1, -0.05) is 37.6 Å². The molecule has 1 aliphatic heterocycles. The van der Waals surface area contributed by atoms with Gasteiger partial charge in [-0.05, 0) is 12.1 Å². The van der Waals surface area contributed by atoms with E-state index in [0.717, 1.165) is 5.56 Å². The van der Waals surface area contributed by atoms with E-state index in [9.17, 15) is 8.42 Å². The predicted octanol–water partition coefficient (Wildman–Crippen LogP) is 2.76. The van der Waals surface area contributed by atoms with Crippen molar-refractivity contribution < 1.29 is 13.2 Å². The van der Waals surface area contributed by atoms with Crippen molar-refractivity contribution in [3.63, 3.8) is 0 Å². The molecule has 2 heterocycles. The Kier molecular flexibility index (Phi) is 6.44. The lowest BCUT2D eigenvalue weighted by molar-refractivity contribution is -0.00642. The van der Waals surface area contributed by atoms with Crippen LogP contribution in [0.15, 0.2) is 36.7 Å². The fourth-order valence-electron chi connectivity index (χ4n) is 3.16. The van der Waals surface area contributed by atoms with Crippen LogP contribution >= 0.6 is 11.6 Å². The molecule has 0 amide bonds. The van der Waals surface area contributed by atoms with Crippen molar-refractivity contribution in [3.8, 4) is 11.3 Å². The molecule has 1 fully saturated rings. The van der Waals surface area contributed by atoms with Gasteiger partial charge in [0.2, 0.25) is 0 Å². The molecule has 0 bridgehead atoms. The minimum Gasteiger partial charge on any atom is -0.369 e. The van der Waals surface area contributed by atoms with Crippen molar-refractivity contribution in [2.24, 2.45) is 0 Å². The van der Waals surface area contributed by atoms with Gasteiger partial charge in [0, 0.05) is 49.2 Å². The van der Waals surface area contributed by atoms with Crippen LogP contribution in [0.25, 0.3) is 11.3 Å². The molecule has 1 unspecified atom stereocenters. The van der Waals surface area contributed by atoms with Gasteiger partial charge in [0.15, 0.2) is 0 Å². The highest BCUT2D eigenvalue weighted by Crippen LogP contribution is 2.31. The summed E-state index contributed by atoms with van der Waals surface area (Å²) < 4.78 is 34.5. The summed E-state index contributed by atoms with van der Waals surface area (Å²) in [6.45, 7) is 5.35. The van der Waals surface area contributed by atoms with Gasteiger partial charge < -0.3 is 4.74 Å². The second-order valence-corrected chi connectivity index (χ2v) is 8.47. The monoisotopic (exact) mass is 410 g/mol. The largest absolute Gasteiger partial charge is 0.369 e. The highest BCUT2D eigenvalue weighted by Gasteiger charge is 2.35. The molecule has 9 heteroatoms. The van der Waals surface area contributed by atoms with Crippen LogP contribution in [0.1, 0.15) is 25.6 Å². The maximum atomic E-state index is 12.9. The number of hydrogen-bond acceptors (Lipinski definition) is 5. The van der Waals surface area contributed by atoms with Gasteiger partial charge in [0.1, 0.15) is 6.10 Å². The molecule has 1 saturated heterocycles. The standard InChI is InChI=1S/C18H23ClN4O3S/c1-3-22(4-2)27(24,25)23-10-11-26-16(13-23)18-17(20-8-9-21-18)14-6-5-7-15(19)12-14/h5-9,12,16H,3-4,10-11,13H2,1-2H3. The first kappa shape index (κ1) is 20.2. The van der Waals surface area contributed by atoms with E-state index in [1.165, 1.54) is 8.61 Å². The molecule has 0 radical (unpaired) electrons. The fraction of sp³-hybridized carbons (Fsp3) is 0.444. The Balaban J connectivity index is 1.92. The van der Waals surface area contributed by atoms with E-state index in [4.69, 9.17) is 16.3 Å². The fourth-order valence-corrected chi connectivity index (χ4v) is 4.95. The molecule has 3 rings (SSSR count). The third kappa shape index (κ3) is 4.30. The summed E-state index contributed by atoms with van der Waals surface area (Å²) in [4.78, 5) is 8.88. The molecule has 0 N–H and O–H groups in total. The van der Waals surface area contributed by atoms with Gasteiger partial charge in [0.25, 0.3) is 10.2 Å². The van der Waals surface area contributed by atoms with E-state index in [1.807, 2.05) is 32.0 Å². The molecule has 1 aromatic carbocycles. The molecular formula is C18H23ClN4O3S. The van der Waals surface area contributed by atoms with Gasteiger partial charge in [0.05, 0.1) is 18.0 Å². The molecule has 7 nitrogen and oxygen atoms in total. The summed E-state index contributed by atoms with van der Waals surface area (Å²) in [5, 5.41) is 0.597. The minimum atomic E-state index is -3.53. The Morgan fingerprint density at radius 3 is 2.70 bits per heavy atom. The number of ether oxygens (including phenoxy) is 1. The summed E-state index contributed by atoms with van der Waals surface area (Å²) >= 11 is 6.11. The lowest BCUT2D eigenvalue weighted by atomic mass is 10.1. The van der Waals surface area contributed by atoms with Crippen molar-refractivity contribution in [2.45, 2.75) is 20.0 Å². The quantitative estimate of drug-likeness (QED) is 0.731. The molecule has 0 spiro atoms. The summed E-state index contributed by atoms with van der Waals surface area (Å²) in [5.41, 5.74) is 2.07. The molecule has 2 aromatic rings. The highest BCUT2D eigenvalue weighted by molar-refractivity contribution is 7.86. The van der Waals surface area contributed by atoms with E-state index in [-0.39, 0.29) is 6.54 Å². The second-order valence-electron chi connectivity index (χ2n) is 6.11. The molecule has 1 aliphatic rings. The molecular weight excluding hydrogens is 388 g/mol. The number of hydrogen-bond donors (Lipinski definition) is 0. The van der Waals surface area contributed by atoms with Crippen molar-refractivity contribution in [2.75, 3.05) is 32.8 Å². The van der Waals surface area contributed by atoms with E-state index in [1.54, 1.807) is 18.5 Å². The Morgan fingerprint density at radius 1 is 1.26 bits per heavy atom. The Labute approximate surface area is 165 Å². The molecule has 146 valence electrons. The summed E-state index contributed by atoms with van der Waals surface area (Å²) in [6.07, 6.45) is 2.70. The lowest BCUT2D eigenvalue weighted by Crippen LogP contribution is -2.49. The zero-order valence-electron chi connectivity index (χ0n) is 15.4. The summed E-state index contributed by atoms with van der Waals surface area (Å²) in [6, 6.07) is 7.33. The summed E-state index contributed by atoms with van der Waals surface area (Å²) in [7, 11) is -3.53. The third-order valence-electron chi connectivity index (χ3n) is 4.52. The smallest absolute Gasteiger partial charge is 0.282 e. The Bertz CT molecular complexity index is 890. The normalized spacial score (nSPS) is 18.7. The minimum absolute atomic E-state index is 0.199. The van der Waals surface area contributed by atoms with Crippen LogP contribution in [0.5, 0.6) is 0 Å². The first-order valence-corrected chi connectivity index (χ1v) is 10.7. The molecule has 27 heavy (non-hydrogen) atoms. The van der Waals surface area contributed by atoms with Gasteiger partial charge in [-0.15, -0.1) is 0 Å². The third-order valence-corrected chi connectivity index (χ3v) is 6.91. The topological polar surface area (TPSA) is 75.6 Å². The first-order chi connectivity index (χ1) is 13.0. The zero-order chi connectivity index (χ0) is 19.4. The van der Waals surface area contributed by atoms with Crippen molar-refractivity contribution >= 4 is 21.8 Å². The molecule has 1 atom stereocenters. The molecule has 0 saturated carbocycles. The van der Waals surface area contributed by atoms with Crippen LogP contribution < -0.4 is 0 Å². The maximum Gasteiger partial charge on any atom is 0.282 e. The van der Waals surface area contributed by atoms with Gasteiger partial charge in [-0.2, -0.15) is 17.0 Å². The van der Waals surface area contributed by atoms with Gasteiger partial charge in [-0.3, -0.25) is 9.97 Å². The SMILES string of the molecule is CCN(CC)S(=O)(=O)N1CCOC(c2nccnc2-c2cccc(Cl)c2)C1. The number of halogens is 1. The van der Waals surface area contributed by atoms with E-state index < -0.39 is 16.3 Å². The number of morpholine rings is 1. The number of nitrogens with zero attached hydrogens (tertiary/aromatic N) is 4. The van der Waals surface area contributed by atoms with Gasteiger partial charge >= 0.3 is 0 Å². The lowest BCUT2D eigenvalue weighted by Gasteiger charge is -2.35. The molecule has 0 aliphatic carbocycles. The van der Waals surface area contributed by atoms with Crippen LogP contribution in [0.2, 0.25) is 5.02 Å². The van der Waals surface area contributed by atoms with Crippen LogP contribution in [-0.4, -0.2) is 59.8 Å². The molecule has 1 aromatic heterocycles.